The minimum Gasteiger partial charge on any atom is -0.258 e. The number of thiol groups is 1. The second-order valence-corrected chi connectivity index (χ2v) is 3.28. The van der Waals surface area contributed by atoms with Crippen molar-refractivity contribution in [3.05, 3.63) is 39.7 Å². The molecule has 0 aliphatic carbocycles. The van der Waals surface area contributed by atoms with Gasteiger partial charge in [0.05, 0.1) is 4.92 Å². The van der Waals surface area contributed by atoms with E-state index in [1.54, 1.807) is 6.07 Å². The molecule has 0 amide bonds. The van der Waals surface area contributed by atoms with Gasteiger partial charge in [-0.05, 0) is 24.2 Å². The molecule has 0 bridgehead atoms. The van der Waals surface area contributed by atoms with Crippen molar-refractivity contribution >= 4 is 18.3 Å². The summed E-state index contributed by atoms with van der Waals surface area (Å²) < 4.78 is 13.4. The second kappa shape index (κ2) is 4.95. The third-order valence-corrected chi connectivity index (χ3v) is 2.18. The Hall–Kier alpha value is -1.10. The van der Waals surface area contributed by atoms with Gasteiger partial charge in [0.1, 0.15) is 0 Å². The fourth-order valence-electron chi connectivity index (χ4n) is 1.17. The van der Waals surface area contributed by atoms with Crippen LogP contribution in [0.25, 0.3) is 0 Å². The summed E-state index contributed by atoms with van der Waals surface area (Å²) >= 11 is 4.00. The van der Waals surface area contributed by atoms with Crippen LogP contribution < -0.4 is 0 Å². The van der Waals surface area contributed by atoms with Crippen molar-refractivity contribution in [3.8, 4) is 0 Å². The third-order valence-electron chi connectivity index (χ3n) is 1.86. The first-order valence-corrected chi connectivity index (χ1v) is 4.82. The molecule has 0 aliphatic rings. The van der Waals surface area contributed by atoms with Crippen LogP contribution in [-0.4, -0.2) is 10.7 Å². The molecule has 0 radical (unpaired) electrons. The lowest BCUT2D eigenvalue weighted by atomic mass is 10.1. The Bertz CT molecular complexity index is 344. The van der Waals surface area contributed by atoms with E-state index in [4.69, 9.17) is 0 Å². The summed E-state index contributed by atoms with van der Waals surface area (Å²) in [4.78, 5) is 9.69. The van der Waals surface area contributed by atoms with E-state index < -0.39 is 16.4 Å². The van der Waals surface area contributed by atoms with E-state index in [1.165, 1.54) is 12.1 Å². The lowest BCUT2D eigenvalue weighted by molar-refractivity contribution is -0.387. The predicted molar refractivity (Wildman–Crippen MR) is 55.2 cm³/mol. The highest BCUT2D eigenvalue weighted by Crippen LogP contribution is 2.21. The van der Waals surface area contributed by atoms with Gasteiger partial charge in [0.15, 0.2) is 0 Å². The molecule has 0 aromatic heterocycles. The van der Waals surface area contributed by atoms with Crippen molar-refractivity contribution in [2.24, 2.45) is 0 Å². The van der Waals surface area contributed by atoms with Crippen molar-refractivity contribution < 1.29 is 9.31 Å². The summed E-state index contributed by atoms with van der Waals surface area (Å²) in [5.74, 6) is -0.0819. The highest BCUT2D eigenvalue weighted by atomic mass is 32.1. The zero-order chi connectivity index (χ0) is 10.6. The zero-order valence-electron chi connectivity index (χ0n) is 7.44. The van der Waals surface area contributed by atoms with Gasteiger partial charge in [0.2, 0.25) is 5.82 Å². The highest BCUT2D eigenvalue weighted by molar-refractivity contribution is 7.80. The molecule has 0 unspecified atom stereocenters. The normalized spacial score (nSPS) is 10.1. The molecule has 0 aliphatic heterocycles. The Kier molecular flexibility index (Phi) is 3.88. The highest BCUT2D eigenvalue weighted by Gasteiger charge is 2.16. The Morgan fingerprint density at radius 2 is 2.21 bits per heavy atom. The molecule has 76 valence electrons. The fraction of sp³-hybridized carbons (Fsp3) is 0.333. The van der Waals surface area contributed by atoms with E-state index in [1.807, 2.05) is 0 Å². The number of nitro benzene ring substituents is 1. The first-order chi connectivity index (χ1) is 6.66. The number of aryl methyl sites for hydroxylation is 1. The predicted octanol–water partition coefficient (Wildman–Crippen LogP) is 2.60. The van der Waals surface area contributed by atoms with Gasteiger partial charge in [-0.15, -0.1) is 0 Å². The summed E-state index contributed by atoms with van der Waals surface area (Å²) in [6, 6.07) is 4.22. The van der Waals surface area contributed by atoms with E-state index in [0.29, 0.717) is 24.2 Å². The number of nitrogens with zero attached hydrogens (tertiary/aromatic N) is 1. The van der Waals surface area contributed by atoms with Crippen LogP contribution in [0.5, 0.6) is 0 Å². The molecule has 0 saturated heterocycles. The molecule has 0 saturated carbocycles. The van der Waals surface area contributed by atoms with Crippen LogP contribution in [0.15, 0.2) is 18.2 Å². The number of hydrogen-bond donors (Lipinski definition) is 1. The monoisotopic (exact) mass is 215 g/mol. The van der Waals surface area contributed by atoms with Crippen molar-refractivity contribution in [3.63, 3.8) is 0 Å². The van der Waals surface area contributed by atoms with Gasteiger partial charge in [-0.3, -0.25) is 10.1 Å². The van der Waals surface area contributed by atoms with Crippen LogP contribution >= 0.6 is 12.6 Å². The maximum absolute atomic E-state index is 13.4. The quantitative estimate of drug-likeness (QED) is 0.476. The van der Waals surface area contributed by atoms with Gasteiger partial charge < -0.3 is 0 Å². The zero-order valence-corrected chi connectivity index (χ0v) is 8.34. The summed E-state index contributed by atoms with van der Waals surface area (Å²) in [5, 5.41) is 10.4. The molecule has 3 nitrogen and oxygen atoms in total. The Labute approximate surface area is 86.5 Å². The topological polar surface area (TPSA) is 43.1 Å². The van der Waals surface area contributed by atoms with E-state index in [9.17, 15) is 14.5 Å². The second-order valence-electron chi connectivity index (χ2n) is 2.83. The molecule has 0 spiro atoms. The average molecular weight is 215 g/mol. The van der Waals surface area contributed by atoms with E-state index in [-0.39, 0.29) is 0 Å². The van der Waals surface area contributed by atoms with Crippen LogP contribution in [0.4, 0.5) is 10.1 Å². The minimum atomic E-state index is -0.723. The summed E-state index contributed by atoms with van der Waals surface area (Å²) in [6.45, 7) is 0. The van der Waals surface area contributed by atoms with Crippen LogP contribution in [0, 0.1) is 15.9 Å². The summed E-state index contributed by atoms with van der Waals surface area (Å²) in [5.41, 5.74) is -0.0742. The van der Waals surface area contributed by atoms with E-state index in [0.717, 1.165) is 0 Å². The SMILES string of the molecule is O=[N+]([O-])c1cccc(CCCS)c1F. The van der Waals surface area contributed by atoms with E-state index in [2.05, 4.69) is 12.6 Å². The molecule has 0 heterocycles. The largest absolute Gasteiger partial charge is 0.305 e. The molecule has 1 rings (SSSR count). The first kappa shape index (κ1) is 11.0. The number of nitro groups is 1. The Morgan fingerprint density at radius 1 is 1.50 bits per heavy atom. The number of hydrogen-bond acceptors (Lipinski definition) is 3. The Morgan fingerprint density at radius 3 is 2.79 bits per heavy atom. The Balaban J connectivity index is 2.95. The van der Waals surface area contributed by atoms with Gasteiger partial charge in [-0.2, -0.15) is 17.0 Å². The molecular weight excluding hydrogens is 205 g/mol. The van der Waals surface area contributed by atoms with Gasteiger partial charge in [0.25, 0.3) is 0 Å². The summed E-state index contributed by atoms with van der Waals surface area (Å²) in [7, 11) is 0. The first-order valence-electron chi connectivity index (χ1n) is 4.19. The number of halogens is 1. The lowest BCUT2D eigenvalue weighted by Crippen LogP contribution is -1.97. The van der Waals surface area contributed by atoms with Gasteiger partial charge in [-0.25, -0.2) is 0 Å². The van der Waals surface area contributed by atoms with Crippen LogP contribution in [0.1, 0.15) is 12.0 Å². The van der Waals surface area contributed by atoms with Crippen molar-refractivity contribution in [1.82, 2.24) is 0 Å². The average Bonchev–Trinajstić information content (AvgIpc) is 2.16. The molecular formula is C9H10FNO2S. The van der Waals surface area contributed by atoms with Gasteiger partial charge in [-0.1, -0.05) is 12.1 Å². The van der Waals surface area contributed by atoms with Crippen LogP contribution in [0.2, 0.25) is 0 Å². The van der Waals surface area contributed by atoms with Crippen LogP contribution in [-0.2, 0) is 6.42 Å². The lowest BCUT2D eigenvalue weighted by Gasteiger charge is -2.01. The maximum atomic E-state index is 13.4. The smallest absolute Gasteiger partial charge is 0.258 e. The molecule has 1 aromatic carbocycles. The fourth-order valence-corrected chi connectivity index (χ4v) is 1.33. The molecule has 0 fully saturated rings. The molecule has 0 N–H and O–H groups in total. The van der Waals surface area contributed by atoms with Gasteiger partial charge in [0, 0.05) is 6.07 Å². The third kappa shape index (κ3) is 2.45. The van der Waals surface area contributed by atoms with Crippen molar-refractivity contribution in [2.75, 3.05) is 5.75 Å². The molecule has 5 heteroatoms. The maximum Gasteiger partial charge on any atom is 0.305 e. The van der Waals surface area contributed by atoms with Crippen molar-refractivity contribution in [2.45, 2.75) is 12.8 Å². The minimum absolute atomic E-state index is 0.383. The molecule has 0 atom stereocenters. The van der Waals surface area contributed by atoms with Crippen LogP contribution in [0.3, 0.4) is 0 Å². The molecule has 14 heavy (non-hydrogen) atoms. The standard InChI is InChI=1S/C9H10FNO2S/c10-9-7(4-2-6-14)3-1-5-8(9)11(12)13/h1,3,5,14H,2,4,6H2. The number of rotatable bonds is 4. The summed E-state index contributed by atoms with van der Waals surface area (Å²) in [6.07, 6.45) is 1.19. The number of benzene rings is 1. The van der Waals surface area contributed by atoms with E-state index >= 15 is 0 Å². The van der Waals surface area contributed by atoms with Crippen molar-refractivity contribution in [1.29, 1.82) is 0 Å². The molecule has 1 aromatic rings. The van der Waals surface area contributed by atoms with Gasteiger partial charge >= 0.3 is 5.69 Å².